The average Bonchev–Trinajstić information content (AvgIpc) is 2.27. The standard InChI is InChI=1S/C10H18N2O4/c1-11(6-9(14)15)10(16)12-5-3-2-4-8(12)7-13/h8,13H,2-7H2,1H3,(H,14,15). The number of carbonyl (C=O) groups is 2. The lowest BCUT2D eigenvalue weighted by molar-refractivity contribution is -0.137. The summed E-state index contributed by atoms with van der Waals surface area (Å²) in [6.07, 6.45) is 2.68. The number of hydrogen-bond donors (Lipinski definition) is 2. The minimum Gasteiger partial charge on any atom is -0.480 e. The van der Waals surface area contributed by atoms with Gasteiger partial charge in [0.1, 0.15) is 6.54 Å². The molecule has 2 N–H and O–H groups in total. The van der Waals surface area contributed by atoms with E-state index in [2.05, 4.69) is 0 Å². The zero-order chi connectivity index (χ0) is 12.1. The Morgan fingerprint density at radius 3 is 2.69 bits per heavy atom. The van der Waals surface area contributed by atoms with Gasteiger partial charge in [-0.1, -0.05) is 0 Å². The van der Waals surface area contributed by atoms with Gasteiger partial charge in [0.05, 0.1) is 12.6 Å². The van der Waals surface area contributed by atoms with Crippen LogP contribution in [0, 0.1) is 0 Å². The number of nitrogens with zero attached hydrogens (tertiary/aromatic N) is 2. The van der Waals surface area contributed by atoms with E-state index in [1.54, 1.807) is 4.90 Å². The molecular weight excluding hydrogens is 212 g/mol. The number of piperidine rings is 1. The zero-order valence-electron chi connectivity index (χ0n) is 9.43. The second kappa shape index (κ2) is 5.69. The fourth-order valence-corrected chi connectivity index (χ4v) is 1.93. The van der Waals surface area contributed by atoms with Gasteiger partial charge in [0, 0.05) is 13.6 Å². The van der Waals surface area contributed by atoms with Crippen LogP contribution in [0.5, 0.6) is 0 Å². The molecule has 1 atom stereocenters. The van der Waals surface area contributed by atoms with Crippen molar-refractivity contribution in [2.24, 2.45) is 0 Å². The van der Waals surface area contributed by atoms with Crippen molar-refractivity contribution in [2.75, 3.05) is 26.7 Å². The monoisotopic (exact) mass is 230 g/mol. The van der Waals surface area contributed by atoms with Gasteiger partial charge in [-0.05, 0) is 19.3 Å². The number of carboxylic acid groups (broad SMARTS) is 1. The smallest absolute Gasteiger partial charge is 0.323 e. The van der Waals surface area contributed by atoms with E-state index in [0.717, 1.165) is 24.2 Å². The number of likely N-dealkylation sites (N-methyl/N-ethyl adjacent to an activating group) is 1. The molecular formula is C10H18N2O4. The minimum absolute atomic E-state index is 0.0628. The van der Waals surface area contributed by atoms with E-state index in [-0.39, 0.29) is 25.2 Å². The summed E-state index contributed by atoms with van der Waals surface area (Å²) in [5.41, 5.74) is 0. The van der Waals surface area contributed by atoms with Crippen LogP contribution in [0.15, 0.2) is 0 Å². The van der Waals surface area contributed by atoms with Gasteiger partial charge in [0.2, 0.25) is 0 Å². The van der Waals surface area contributed by atoms with Crippen molar-refractivity contribution in [3.05, 3.63) is 0 Å². The van der Waals surface area contributed by atoms with Crippen molar-refractivity contribution in [1.29, 1.82) is 0 Å². The third-order valence-electron chi connectivity index (χ3n) is 2.78. The predicted molar refractivity (Wildman–Crippen MR) is 57.1 cm³/mol. The second-order valence-electron chi connectivity index (χ2n) is 4.06. The molecule has 1 unspecified atom stereocenters. The van der Waals surface area contributed by atoms with Gasteiger partial charge < -0.3 is 20.0 Å². The lowest BCUT2D eigenvalue weighted by atomic mass is 10.0. The number of amides is 2. The summed E-state index contributed by atoms with van der Waals surface area (Å²) in [5.74, 6) is -1.03. The van der Waals surface area contributed by atoms with Gasteiger partial charge in [-0.2, -0.15) is 0 Å². The third kappa shape index (κ3) is 3.10. The first kappa shape index (κ1) is 12.8. The second-order valence-corrected chi connectivity index (χ2v) is 4.06. The molecule has 0 aliphatic carbocycles. The topological polar surface area (TPSA) is 81.1 Å². The maximum atomic E-state index is 11.9. The van der Waals surface area contributed by atoms with E-state index in [4.69, 9.17) is 10.2 Å². The van der Waals surface area contributed by atoms with Crippen molar-refractivity contribution in [1.82, 2.24) is 9.80 Å². The number of hydrogen-bond acceptors (Lipinski definition) is 3. The minimum atomic E-state index is -1.03. The number of carbonyl (C=O) groups excluding carboxylic acids is 1. The fraction of sp³-hybridized carbons (Fsp3) is 0.800. The molecule has 1 heterocycles. The van der Waals surface area contributed by atoms with E-state index in [0.29, 0.717) is 6.54 Å². The summed E-state index contributed by atoms with van der Waals surface area (Å²) in [7, 11) is 1.46. The van der Waals surface area contributed by atoms with Gasteiger partial charge >= 0.3 is 12.0 Å². The molecule has 0 spiro atoms. The van der Waals surface area contributed by atoms with Crippen molar-refractivity contribution in [2.45, 2.75) is 25.3 Å². The first-order chi connectivity index (χ1) is 7.56. The SMILES string of the molecule is CN(CC(=O)O)C(=O)N1CCCCC1CO. The number of aliphatic hydroxyl groups excluding tert-OH is 1. The van der Waals surface area contributed by atoms with Crippen LogP contribution in [0.3, 0.4) is 0 Å². The molecule has 0 radical (unpaired) electrons. The summed E-state index contributed by atoms with van der Waals surface area (Å²) in [4.78, 5) is 25.1. The van der Waals surface area contributed by atoms with Crippen molar-refractivity contribution >= 4 is 12.0 Å². The van der Waals surface area contributed by atoms with E-state index in [9.17, 15) is 9.59 Å². The van der Waals surface area contributed by atoms with Crippen LogP contribution in [-0.4, -0.2) is 64.8 Å². The lowest BCUT2D eigenvalue weighted by Crippen LogP contribution is -2.51. The Hall–Kier alpha value is -1.30. The Balaban J connectivity index is 2.59. The molecule has 0 aromatic heterocycles. The van der Waals surface area contributed by atoms with Gasteiger partial charge in [0.15, 0.2) is 0 Å². The number of aliphatic hydroxyl groups is 1. The van der Waals surface area contributed by atoms with E-state index < -0.39 is 5.97 Å². The van der Waals surface area contributed by atoms with E-state index in [1.807, 2.05) is 0 Å². The average molecular weight is 230 g/mol. The maximum Gasteiger partial charge on any atom is 0.323 e. The lowest BCUT2D eigenvalue weighted by Gasteiger charge is -2.36. The van der Waals surface area contributed by atoms with Crippen LogP contribution in [0.4, 0.5) is 4.79 Å². The Morgan fingerprint density at radius 1 is 1.44 bits per heavy atom. The van der Waals surface area contributed by atoms with Crippen LogP contribution in [0.1, 0.15) is 19.3 Å². The molecule has 1 fully saturated rings. The Bertz CT molecular complexity index is 270. The molecule has 6 heteroatoms. The summed E-state index contributed by atoms with van der Waals surface area (Å²) in [6, 6.07) is -0.487. The number of carboxylic acids is 1. The quantitative estimate of drug-likeness (QED) is 0.713. The number of rotatable bonds is 3. The third-order valence-corrected chi connectivity index (χ3v) is 2.78. The molecule has 1 saturated heterocycles. The molecule has 16 heavy (non-hydrogen) atoms. The molecule has 0 bridgehead atoms. The number of likely N-dealkylation sites (tertiary alicyclic amines) is 1. The van der Waals surface area contributed by atoms with Crippen molar-refractivity contribution < 1.29 is 19.8 Å². The summed E-state index contributed by atoms with van der Waals surface area (Å²) >= 11 is 0. The molecule has 0 saturated carbocycles. The van der Waals surface area contributed by atoms with E-state index in [1.165, 1.54) is 7.05 Å². The molecule has 92 valence electrons. The fourth-order valence-electron chi connectivity index (χ4n) is 1.93. The van der Waals surface area contributed by atoms with Gasteiger partial charge in [0.25, 0.3) is 0 Å². The molecule has 1 aliphatic heterocycles. The molecule has 0 aromatic carbocycles. The molecule has 2 amide bonds. The summed E-state index contributed by atoms with van der Waals surface area (Å²) < 4.78 is 0. The highest BCUT2D eigenvalue weighted by Gasteiger charge is 2.28. The Morgan fingerprint density at radius 2 is 2.12 bits per heavy atom. The summed E-state index contributed by atoms with van der Waals surface area (Å²) in [6.45, 7) is 0.216. The van der Waals surface area contributed by atoms with Crippen LogP contribution in [0.2, 0.25) is 0 Å². The largest absolute Gasteiger partial charge is 0.480 e. The number of aliphatic carboxylic acids is 1. The molecule has 0 aromatic rings. The maximum absolute atomic E-state index is 11.9. The highest BCUT2D eigenvalue weighted by atomic mass is 16.4. The molecule has 6 nitrogen and oxygen atoms in total. The first-order valence-corrected chi connectivity index (χ1v) is 5.40. The Kier molecular flexibility index (Phi) is 4.54. The predicted octanol–water partition coefficient (Wildman–Crippen LogP) is -0.0304. The normalized spacial score (nSPS) is 20.6. The highest BCUT2D eigenvalue weighted by Crippen LogP contribution is 2.17. The van der Waals surface area contributed by atoms with Crippen LogP contribution >= 0.6 is 0 Å². The van der Waals surface area contributed by atoms with Gasteiger partial charge in [-0.15, -0.1) is 0 Å². The van der Waals surface area contributed by atoms with Gasteiger partial charge in [-0.3, -0.25) is 4.79 Å². The van der Waals surface area contributed by atoms with Gasteiger partial charge in [-0.25, -0.2) is 4.79 Å². The van der Waals surface area contributed by atoms with E-state index >= 15 is 0 Å². The first-order valence-electron chi connectivity index (χ1n) is 5.40. The van der Waals surface area contributed by atoms with Crippen LogP contribution < -0.4 is 0 Å². The molecule has 1 aliphatic rings. The van der Waals surface area contributed by atoms with Crippen molar-refractivity contribution in [3.63, 3.8) is 0 Å². The highest BCUT2D eigenvalue weighted by molar-refractivity contribution is 5.80. The zero-order valence-corrected chi connectivity index (χ0v) is 9.43. The van der Waals surface area contributed by atoms with Crippen molar-refractivity contribution in [3.8, 4) is 0 Å². The molecule has 1 rings (SSSR count). The van der Waals surface area contributed by atoms with Crippen LogP contribution in [0.25, 0.3) is 0 Å². The Labute approximate surface area is 94.4 Å². The number of urea groups is 1. The summed E-state index contributed by atoms with van der Waals surface area (Å²) in [5, 5.41) is 17.7. The van der Waals surface area contributed by atoms with Crippen LogP contribution in [-0.2, 0) is 4.79 Å².